The molecule has 1 aliphatic rings. The molecule has 1 atom stereocenters. The highest BCUT2D eigenvalue weighted by molar-refractivity contribution is 7.89. The summed E-state index contributed by atoms with van der Waals surface area (Å²) in [6.07, 6.45) is 2.69. The van der Waals surface area contributed by atoms with Crippen LogP contribution in [0.4, 0.5) is 10.2 Å². The van der Waals surface area contributed by atoms with Gasteiger partial charge in [-0.1, -0.05) is 45.9 Å². The van der Waals surface area contributed by atoms with Crippen molar-refractivity contribution in [3.05, 3.63) is 52.7 Å². The van der Waals surface area contributed by atoms with E-state index in [9.17, 15) is 12.8 Å². The molecule has 1 aliphatic heterocycles. The second-order valence-electron chi connectivity index (χ2n) is 8.46. The van der Waals surface area contributed by atoms with Gasteiger partial charge in [0.15, 0.2) is 0 Å². The minimum absolute atomic E-state index is 0.178. The van der Waals surface area contributed by atoms with Crippen LogP contribution in [0.5, 0.6) is 0 Å². The lowest BCUT2D eigenvalue weighted by molar-refractivity contribution is 0.383. The minimum Gasteiger partial charge on any atom is -0.354 e. The highest BCUT2D eigenvalue weighted by atomic mass is 32.2. The van der Waals surface area contributed by atoms with Crippen LogP contribution in [0, 0.1) is 5.82 Å². The topological polar surface area (TPSA) is 66.4 Å². The molecule has 2 heterocycles. The van der Waals surface area contributed by atoms with Crippen molar-refractivity contribution in [3.8, 4) is 0 Å². The van der Waals surface area contributed by atoms with Crippen LogP contribution in [-0.2, 0) is 22.9 Å². The Bertz CT molecular complexity index is 1020. The first-order valence-corrected chi connectivity index (χ1v) is 13.3. The van der Waals surface area contributed by atoms with Gasteiger partial charge in [0, 0.05) is 49.8 Å². The maximum atomic E-state index is 14.5. The Hall–Kier alpha value is -2.06. The minimum atomic E-state index is -3.22. The van der Waals surface area contributed by atoms with E-state index in [0.29, 0.717) is 44.6 Å². The third kappa shape index (κ3) is 5.46. The van der Waals surface area contributed by atoms with Crippen molar-refractivity contribution >= 4 is 15.8 Å². The van der Waals surface area contributed by atoms with Gasteiger partial charge >= 0.3 is 0 Å². The van der Waals surface area contributed by atoms with Crippen molar-refractivity contribution in [1.82, 2.24) is 14.3 Å². The van der Waals surface area contributed by atoms with Gasteiger partial charge in [-0.2, -0.15) is 4.31 Å². The lowest BCUT2D eigenvalue weighted by Crippen LogP contribution is -2.50. The van der Waals surface area contributed by atoms with Gasteiger partial charge in [-0.05, 0) is 30.9 Å². The molecule has 0 aliphatic carbocycles. The summed E-state index contributed by atoms with van der Waals surface area (Å²) in [4.78, 5) is 12.0. The van der Waals surface area contributed by atoms with Gasteiger partial charge in [0.05, 0.1) is 5.75 Å². The van der Waals surface area contributed by atoms with Crippen LogP contribution in [0.25, 0.3) is 0 Å². The molecule has 0 radical (unpaired) electrons. The molecule has 0 amide bonds. The van der Waals surface area contributed by atoms with Crippen molar-refractivity contribution < 1.29 is 12.8 Å². The number of sulfonamides is 1. The molecule has 6 nitrogen and oxygen atoms in total. The zero-order valence-electron chi connectivity index (χ0n) is 19.6. The fourth-order valence-electron chi connectivity index (χ4n) is 4.07. The molecule has 176 valence electrons. The predicted octanol–water partition coefficient (Wildman–Crippen LogP) is 4.14. The van der Waals surface area contributed by atoms with Crippen LogP contribution in [0.1, 0.15) is 69.1 Å². The normalized spacial score (nSPS) is 16.3. The summed E-state index contributed by atoms with van der Waals surface area (Å²) in [7, 11) is -3.22. The predicted molar refractivity (Wildman–Crippen MR) is 127 cm³/mol. The monoisotopic (exact) mass is 462 g/mol. The van der Waals surface area contributed by atoms with Gasteiger partial charge in [0.1, 0.15) is 17.5 Å². The van der Waals surface area contributed by atoms with Crippen LogP contribution < -0.4 is 4.90 Å². The van der Waals surface area contributed by atoms with Crippen molar-refractivity contribution in [3.63, 3.8) is 0 Å². The van der Waals surface area contributed by atoms with Gasteiger partial charge in [0.2, 0.25) is 10.0 Å². The number of rotatable bonds is 9. The Labute approximate surface area is 191 Å². The van der Waals surface area contributed by atoms with Crippen molar-refractivity contribution in [2.24, 2.45) is 0 Å². The molecule has 2 aromatic rings. The number of aryl methyl sites for hydroxylation is 1. The Morgan fingerprint density at radius 2 is 1.75 bits per heavy atom. The molecule has 0 unspecified atom stereocenters. The maximum absolute atomic E-state index is 14.5. The van der Waals surface area contributed by atoms with Gasteiger partial charge in [-0.3, -0.25) is 0 Å². The summed E-state index contributed by atoms with van der Waals surface area (Å²) in [6, 6.07) is 6.82. The second-order valence-corrected chi connectivity index (χ2v) is 10.6. The van der Waals surface area contributed by atoms with E-state index in [-0.39, 0.29) is 17.5 Å². The summed E-state index contributed by atoms with van der Waals surface area (Å²) in [5.41, 5.74) is 2.50. The molecule has 0 bridgehead atoms. The first kappa shape index (κ1) is 24.6. The number of nitrogens with zero attached hydrogens (tertiary/aromatic N) is 4. The second kappa shape index (κ2) is 10.7. The number of aromatic nitrogens is 2. The average Bonchev–Trinajstić information content (AvgIpc) is 2.80. The zero-order valence-corrected chi connectivity index (χ0v) is 20.5. The molecular formula is C24H35FN4O2S. The van der Waals surface area contributed by atoms with E-state index >= 15 is 0 Å². The summed E-state index contributed by atoms with van der Waals surface area (Å²) in [6.45, 7) is 10.2. The number of halogens is 1. The first-order chi connectivity index (χ1) is 15.3. The van der Waals surface area contributed by atoms with Crippen LogP contribution >= 0.6 is 0 Å². The lowest BCUT2D eigenvalue weighted by Gasteiger charge is -2.36. The van der Waals surface area contributed by atoms with E-state index in [2.05, 4.69) is 25.7 Å². The smallest absolute Gasteiger partial charge is 0.214 e. The summed E-state index contributed by atoms with van der Waals surface area (Å²) in [5.74, 6) is 1.78. The molecule has 1 aromatic carbocycles. The highest BCUT2D eigenvalue weighted by Gasteiger charge is 2.29. The lowest BCUT2D eigenvalue weighted by atomic mass is 10.00. The molecular weight excluding hydrogens is 427 g/mol. The summed E-state index contributed by atoms with van der Waals surface area (Å²) in [5, 5.41) is 0. The number of benzene rings is 1. The van der Waals surface area contributed by atoms with Gasteiger partial charge in [-0.15, -0.1) is 0 Å². The first-order valence-electron chi connectivity index (χ1n) is 11.7. The Kier molecular flexibility index (Phi) is 8.22. The van der Waals surface area contributed by atoms with E-state index in [4.69, 9.17) is 9.97 Å². The van der Waals surface area contributed by atoms with E-state index in [0.717, 1.165) is 35.7 Å². The maximum Gasteiger partial charge on any atom is 0.214 e. The third-order valence-corrected chi connectivity index (χ3v) is 8.27. The molecule has 3 rings (SSSR count). The number of hydrogen-bond donors (Lipinski definition) is 0. The molecule has 1 saturated heterocycles. The van der Waals surface area contributed by atoms with Crippen molar-refractivity contribution in [1.29, 1.82) is 0 Å². The fourth-order valence-corrected chi connectivity index (χ4v) is 5.56. The SMILES string of the molecule is CCCS(=O)(=O)N1CCN(c2nc([C@H](C)CC)nc(CC)c2Cc2ccccc2F)CC1. The van der Waals surface area contributed by atoms with Crippen molar-refractivity contribution in [2.75, 3.05) is 36.8 Å². The average molecular weight is 463 g/mol. The van der Waals surface area contributed by atoms with Crippen LogP contribution in [0.2, 0.25) is 0 Å². The van der Waals surface area contributed by atoms with Crippen LogP contribution in [-0.4, -0.2) is 54.6 Å². The molecule has 8 heteroatoms. The quantitative estimate of drug-likeness (QED) is 0.560. The van der Waals surface area contributed by atoms with Gasteiger partial charge in [-0.25, -0.2) is 22.8 Å². The Balaban J connectivity index is 1.98. The zero-order chi connectivity index (χ0) is 23.3. The van der Waals surface area contributed by atoms with Crippen LogP contribution in [0.3, 0.4) is 0 Å². The molecule has 0 saturated carbocycles. The largest absolute Gasteiger partial charge is 0.354 e. The van der Waals surface area contributed by atoms with Crippen LogP contribution in [0.15, 0.2) is 24.3 Å². The standard InChI is InChI=1S/C24H35FN4O2S/c1-5-16-32(30,31)29-14-12-28(13-15-29)24-20(17-19-10-8-9-11-21(19)25)22(7-3)26-23(27-24)18(4)6-2/h8-11,18H,5-7,12-17H2,1-4H3/t18-/m1/s1. The van der Waals surface area contributed by atoms with Crippen molar-refractivity contribution in [2.45, 2.75) is 59.3 Å². The van der Waals surface area contributed by atoms with E-state index in [1.165, 1.54) is 6.07 Å². The molecule has 32 heavy (non-hydrogen) atoms. The summed E-state index contributed by atoms with van der Waals surface area (Å²) >= 11 is 0. The highest BCUT2D eigenvalue weighted by Crippen LogP contribution is 2.29. The molecule has 1 fully saturated rings. The summed E-state index contributed by atoms with van der Waals surface area (Å²) < 4.78 is 41.1. The van der Waals surface area contributed by atoms with Gasteiger partial charge < -0.3 is 4.90 Å². The van der Waals surface area contributed by atoms with E-state index < -0.39 is 10.0 Å². The fraction of sp³-hybridized carbons (Fsp3) is 0.583. The Morgan fingerprint density at radius 3 is 2.34 bits per heavy atom. The Morgan fingerprint density at radius 1 is 1.06 bits per heavy atom. The molecule has 1 aromatic heterocycles. The van der Waals surface area contributed by atoms with E-state index in [1.54, 1.807) is 16.4 Å². The molecule has 0 spiro atoms. The van der Waals surface area contributed by atoms with Gasteiger partial charge in [0.25, 0.3) is 0 Å². The molecule has 0 N–H and O–H groups in total. The third-order valence-electron chi connectivity index (χ3n) is 6.19. The number of anilines is 1. The van der Waals surface area contributed by atoms with E-state index in [1.807, 2.05) is 13.0 Å². The number of piperazine rings is 1. The number of hydrogen-bond acceptors (Lipinski definition) is 5.